The van der Waals surface area contributed by atoms with E-state index in [2.05, 4.69) is 4.83 Å². The Balaban J connectivity index is 1.58. The van der Waals surface area contributed by atoms with Crippen molar-refractivity contribution in [3.63, 3.8) is 0 Å². The van der Waals surface area contributed by atoms with Gasteiger partial charge in [-0.1, -0.05) is 24.3 Å². The van der Waals surface area contributed by atoms with Crippen LogP contribution in [0.5, 0.6) is 5.75 Å². The van der Waals surface area contributed by atoms with Crippen molar-refractivity contribution in [2.75, 3.05) is 26.5 Å². The molecule has 1 heterocycles. The lowest BCUT2D eigenvalue weighted by Crippen LogP contribution is -2.45. The fraction of sp³-hybridized carbons (Fsp3) is 0.409. The quantitative estimate of drug-likeness (QED) is 0.675. The van der Waals surface area contributed by atoms with Crippen LogP contribution in [0.15, 0.2) is 48.5 Å². The predicted octanol–water partition coefficient (Wildman–Crippen LogP) is 2.68. The summed E-state index contributed by atoms with van der Waals surface area (Å²) in [4.78, 5) is 17.2. The number of sulfonamides is 1. The van der Waals surface area contributed by atoms with E-state index in [4.69, 9.17) is 4.74 Å². The number of methoxy groups -OCH3 is 1. The Morgan fingerprint density at radius 1 is 1.13 bits per heavy atom. The Bertz CT molecular complexity index is 1050. The molecule has 2 amide bonds. The van der Waals surface area contributed by atoms with E-state index < -0.39 is 10.0 Å². The van der Waals surface area contributed by atoms with Gasteiger partial charge in [0.15, 0.2) is 0 Å². The smallest absolute Gasteiger partial charge is 0.335 e. The summed E-state index contributed by atoms with van der Waals surface area (Å²) in [7, 11) is -1.98. The second-order valence-corrected chi connectivity index (χ2v) is 9.95. The molecular weight excluding hydrogens is 421 g/mol. The minimum Gasteiger partial charge on any atom is -0.497 e. The summed E-state index contributed by atoms with van der Waals surface area (Å²) in [5.74, 6) is 0.453. The molecule has 31 heavy (non-hydrogen) atoms. The average molecular weight is 448 g/mol. The molecular formula is C22H26FN3O4S. The molecule has 2 aromatic carbocycles. The van der Waals surface area contributed by atoms with Crippen LogP contribution in [0.4, 0.5) is 9.18 Å². The van der Waals surface area contributed by atoms with E-state index in [1.54, 1.807) is 24.1 Å². The molecule has 9 heteroatoms. The first-order valence-corrected chi connectivity index (χ1v) is 12.1. The van der Waals surface area contributed by atoms with Gasteiger partial charge in [-0.15, -0.1) is 4.83 Å². The molecule has 0 aromatic heterocycles. The highest BCUT2D eigenvalue weighted by Gasteiger charge is 2.57. The number of halogens is 1. The van der Waals surface area contributed by atoms with Crippen molar-refractivity contribution in [3.05, 3.63) is 65.5 Å². The highest BCUT2D eigenvalue weighted by molar-refractivity contribution is 7.88. The van der Waals surface area contributed by atoms with Crippen molar-refractivity contribution in [2.24, 2.45) is 0 Å². The molecule has 7 nitrogen and oxygen atoms in total. The van der Waals surface area contributed by atoms with Gasteiger partial charge in [0.2, 0.25) is 10.0 Å². The van der Waals surface area contributed by atoms with E-state index in [1.165, 1.54) is 17.1 Å². The van der Waals surface area contributed by atoms with Crippen molar-refractivity contribution in [2.45, 2.75) is 30.7 Å². The lowest BCUT2D eigenvalue weighted by Gasteiger charge is -2.31. The summed E-state index contributed by atoms with van der Waals surface area (Å²) in [5.41, 5.74) is 1.73. The molecule has 2 fully saturated rings. The van der Waals surface area contributed by atoms with Gasteiger partial charge in [0.1, 0.15) is 11.6 Å². The number of rotatable bonds is 8. The first-order chi connectivity index (χ1) is 14.7. The van der Waals surface area contributed by atoms with Gasteiger partial charge in [0.05, 0.1) is 26.0 Å². The Labute approximate surface area is 181 Å². The zero-order chi connectivity index (χ0) is 22.2. The summed E-state index contributed by atoms with van der Waals surface area (Å²) in [6.45, 7) is 0.687. The number of nitrogens with zero attached hydrogens (tertiary/aromatic N) is 2. The van der Waals surface area contributed by atoms with E-state index in [9.17, 15) is 17.6 Å². The van der Waals surface area contributed by atoms with E-state index in [1.807, 2.05) is 24.3 Å². The van der Waals surface area contributed by atoms with Crippen molar-refractivity contribution in [1.29, 1.82) is 0 Å². The van der Waals surface area contributed by atoms with Gasteiger partial charge in [-0.05, 0) is 54.7 Å². The summed E-state index contributed by atoms with van der Waals surface area (Å²) >= 11 is 0. The molecule has 1 N–H and O–H groups in total. The molecule has 0 spiro atoms. The highest BCUT2D eigenvalue weighted by Crippen LogP contribution is 2.54. The molecule has 1 unspecified atom stereocenters. The Morgan fingerprint density at radius 2 is 1.77 bits per heavy atom. The number of ether oxygens (including phenoxy) is 1. The number of hydrazine groups is 1. The Hall–Kier alpha value is -2.65. The number of hydrogen-bond acceptors (Lipinski definition) is 4. The molecule has 2 aromatic rings. The third-order valence-corrected chi connectivity index (χ3v) is 6.68. The Morgan fingerprint density at radius 3 is 2.32 bits per heavy atom. The maximum atomic E-state index is 13.5. The molecule has 1 aliphatic carbocycles. The fourth-order valence-corrected chi connectivity index (χ4v) is 4.96. The first-order valence-electron chi connectivity index (χ1n) is 10.2. The maximum Gasteiger partial charge on any atom is 0.335 e. The molecule has 166 valence electrons. The SMILES string of the molecule is COc1ccc(CCN2C(=O)N(NS(C)(=O)=O)CC2C2(c3ccc(F)cc3)CC2)cc1. The van der Waals surface area contributed by atoms with Gasteiger partial charge in [-0.2, -0.15) is 0 Å². The Kier molecular flexibility index (Phi) is 5.65. The molecule has 1 saturated carbocycles. The topological polar surface area (TPSA) is 79.0 Å². The number of benzene rings is 2. The third kappa shape index (κ3) is 4.52. The van der Waals surface area contributed by atoms with Crippen LogP contribution in [-0.4, -0.2) is 56.9 Å². The normalized spacial score (nSPS) is 20.2. The molecule has 1 saturated heterocycles. The van der Waals surface area contributed by atoms with E-state index in [0.717, 1.165) is 36.0 Å². The second-order valence-electron chi connectivity index (χ2n) is 8.23. The summed E-state index contributed by atoms with van der Waals surface area (Å²) < 4.78 is 42.2. The molecule has 0 radical (unpaired) electrons. The number of carbonyl (C=O) groups excluding carboxylic acids is 1. The van der Waals surface area contributed by atoms with Crippen LogP contribution < -0.4 is 9.57 Å². The minimum absolute atomic E-state index is 0.210. The molecule has 2 aliphatic rings. The van der Waals surface area contributed by atoms with E-state index in [-0.39, 0.29) is 29.8 Å². The van der Waals surface area contributed by atoms with Crippen LogP contribution in [0.1, 0.15) is 24.0 Å². The van der Waals surface area contributed by atoms with Gasteiger partial charge in [-0.3, -0.25) is 0 Å². The van der Waals surface area contributed by atoms with Crippen LogP contribution in [0, 0.1) is 5.82 Å². The number of nitrogens with one attached hydrogen (secondary N) is 1. The number of urea groups is 1. The van der Waals surface area contributed by atoms with E-state index in [0.29, 0.717) is 13.0 Å². The zero-order valence-electron chi connectivity index (χ0n) is 17.5. The highest BCUT2D eigenvalue weighted by atomic mass is 32.2. The van der Waals surface area contributed by atoms with Crippen molar-refractivity contribution in [3.8, 4) is 5.75 Å². The molecule has 1 aliphatic heterocycles. The monoisotopic (exact) mass is 447 g/mol. The molecule has 0 bridgehead atoms. The number of amides is 2. The summed E-state index contributed by atoms with van der Waals surface area (Å²) in [6, 6.07) is 13.5. The van der Waals surface area contributed by atoms with E-state index >= 15 is 0 Å². The van der Waals surface area contributed by atoms with Crippen LogP contribution in [0.25, 0.3) is 0 Å². The van der Waals surface area contributed by atoms with Gasteiger partial charge >= 0.3 is 6.03 Å². The standard InChI is InChI=1S/C22H26FN3O4S/c1-30-19-9-3-16(4-10-19)11-14-25-20(15-26(21(25)27)24-31(2,28)29)22(12-13-22)17-5-7-18(23)8-6-17/h3-10,20,24H,11-15H2,1-2H3. The lowest BCUT2D eigenvalue weighted by molar-refractivity contribution is 0.178. The van der Waals surface area contributed by atoms with Crippen LogP contribution in [-0.2, 0) is 21.9 Å². The van der Waals surface area contributed by atoms with Gasteiger partial charge in [0, 0.05) is 12.0 Å². The van der Waals surface area contributed by atoms with Gasteiger partial charge in [-0.25, -0.2) is 22.6 Å². The molecule has 1 atom stereocenters. The van der Waals surface area contributed by atoms with Gasteiger partial charge in [0.25, 0.3) is 0 Å². The lowest BCUT2D eigenvalue weighted by atomic mass is 9.87. The fourth-order valence-electron chi connectivity index (χ4n) is 4.41. The number of carbonyl (C=O) groups is 1. The van der Waals surface area contributed by atoms with Crippen molar-refractivity contribution in [1.82, 2.24) is 14.7 Å². The van der Waals surface area contributed by atoms with Crippen molar-refractivity contribution >= 4 is 16.1 Å². The minimum atomic E-state index is -3.59. The summed E-state index contributed by atoms with van der Waals surface area (Å²) in [6.07, 6.45) is 3.38. The largest absolute Gasteiger partial charge is 0.497 e. The average Bonchev–Trinajstić information content (AvgIpc) is 3.48. The van der Waals surface area contributed by atoms with Crippen molar-refractivity contribution < 1.29 is 22.3 Å². The zero-order valence-corrected chi connectivity index (χ0v) is 18.4. The van der Waals surface area contributed by atoms with Crippen LogP contribution in [0.3, 0.4) is 0 Å². The maximum absolute atomic E-state index is 13.5. The predicted molar refractivity (Wildman–Crippen MR) is 115 cm³/mol. The first kappa shape index (κ1) is 21.6. The third-order valence-electron chi connectivity index (χ3n) is 6.13. The number of hydrogen-bond donors (Lipinski definition) is 1. The van der Waals surface area contributed by atoms with Crippen LogP contribution in [0.2, 0.25) is 0 Å². The summed E-state index contributed by atoms with van der Waals surface area (Å²) in [5, 5.41) is 1.18. The van der Waals surface area contributed by atoms with Crippen LogP contribution >= 0.6 is 0 Å². The second kappa shape index (κ2) is 8.12. The molecule has 4 rings (SSSR count). The van der Waals surface area contributed by atoms with Gasteiger partial charge < -0.3 is 9.64 Å².